The molecule has 2 heterocycles. The zero-order valence-electron chi connectivity index (χ0n) is 12.1. The van der Waals surface area contributed by atoms with Gasteiger partial charge >= 0.3 is 0 Å². The van der Waals surface area contributed by atoms with E-state index in [-0.39, 0.29) is 11.1 Å². The zero-order valence-corrected chi connectivity index (χ0v) is 12.1. The summed E-state index contributed by atoms with van der Waals surface area (Å²) in [6.45, 7) is 1.66. The van der Waals surface area contributed by atoms with E-state index in [1.165, 1.54) is 34.0 Å². The fraction of sp³-hybridized carbons (Fsp3) is 0.133. The average molecular weight is 317 g/mol. The number of hydrogen-bond acceptors (Lipinski definition) is 4. The van der Waals surface area contributed by atoms with Crippen LogP contribution in [0.15, 0.2) is 49.3 Å². The minimum Gasteiger partial charge on any atom is -0.369 e. The molecule has 0 aliphatic rings. The molecule has 23 heavy (non-hydrogen) atoms. The molecule has 0 radical (unpaired) electrons. The van der Waals surface area contributed by atoms with Gasteiger partial charge in [-0.25, -0.2) is 18.4 Å². The van der Waals surface area contributed by atoms with Gasteiger partial charge in [0.1, 0.15) is 11.6 Å². The van der Waals surface area contributed by atoms with Crippen molar-refractivity contribution in [2.24, 2.45) is 0 Å². The Morgan fingerprint density at radius 1 is 1.22 bits per heavy atom. The molecule has 0 saturated heterocycles. The molecule has 0 saturated carbocycles. The number of imidazole rings is 1. The summed E-state index contributed by atoms with van der Waals surface area (Å²) in [7, 11) is 0. The van der Waals surface area contributed by atoms with E-state index in [1.807, 2.05) is 0 Å². The maximum atomic E-state index is 14.2. The van der Waals surface area contributed by atoms with Gasteiger partial charge in [0.05, 0.1) is 18.7 Å². The minimum atomic E-state index is -1.22. The van der Waals surface area contributed by atoms with Gasteiger partial charge in [0, 0.05) is 35.3 Å². The first-order valence-electron chi connectivity index (χ1n) is 6.76. The second-order valence-corrected chi connectivity index (χ2v) is 4.85. The van der Waals surface area contributed by atoms with Gasteiger partial charge < -0.3 is 9.67 Å². The summed E-state index contributed by atoms with van der Waals surface area (Å²) in [4.78, 5) is 3.87. The van der Waals surface area contributed by atoms with Crippen LogP contribution < -0.4 is 0 Å². The van der Waals surface area contributed by atoms with Gasteiger partial charge in [0.2, 0.25) is 0 Å². The Balaban J connectivity index is 2.20. The van der Waals surface area contributed by atoms with Crippen LogP contribution in [0.3, 0.4) is 0 Å². The van der Waals surface area contributed by atoms with E-state index < -0.39 is 17.9 Å². The van der Waals surface area contributed by atoms with Crippen molar-refractivity contribution in [2.45, 2.75) is 13.2 Å². The van der Waals surface area contributed by atoms with Crippen LogP contribution in [0, 0.1) is 11.6 Å². The second kappa shape index (κ2) is 6.09. The van der Waals surface area contributed by atoms with Crippen LogP contribution in [0.4, 0.5) is 8.78 Å². The molecule has 0 bridgehead atoms. The molecule has 0 aliphatic carbocycles. The van der Waals surface area contributed by atoms with Crippen LogP contribution in [0.25, 0.3) is 11.3 Å². The van der Waals surface area contributed by atoms with Crippen molar-refractivity contribution >= 4 is 11.3 Å². The lowest BCUT2D eigenvalue weighted by Crippen LogP contribution is -2.13. The van der Waals surface area contributed by atoms with Gasteiger partial charge in [-0.05, 0) is 19.1 Å². The number of halogens is 2. The highest BCUT2D eigenvalue weighted by molar-refractivity contribution is 5.83. The van der Waals surface area contributed by atoms with Crippen LogP contribution in [0.5, 0.6) is 0 Å². The normalized spacial score (nSPS) is 13.7. The number of allylic oxidation sites excluding steroid dienone is 1. The smallest absolute Gasteiger partial charge is 0.160 e. The number of rotatable bonds is 4. The van der Waals surface area contributed by atoms with Gasteiger partial charge in [-0.15, -0.1) is 5.10 Å². The third kappa shape index (κ3) is 2.88. The molecule has 1 aromatic carbocycles. The Hall–Kier alpha value is -2.87. The zero-order chi connectivity index (χ0) is 16.4. The molecule has 3 aromatic rings. The van der Waals surface area contributed by atoms with E-state index >= 15 is 0 Å². The van der Waals surface area contributed by atoms with Crippen LogP contribution in [0.1, 0.15) is 18.7 Å². The van der Waals surface area contributed by atoms with Crippen LogP contribution >= 0.6 is 0 Å². The molecular formula is C15H13F2N5O. The molecule has 0 spiro atoms. The van der Waals surface area contributed by atoms with Crippen molar-refractivity contribution in [3.8, 4) is 0 Å². The summed E-state index contributed by atoms with van der Waals surface area (Å²) in [6.07, 6.45) is 6.25. The highest BCUT2D eigenvalue weighted by Gasteiger charge is 2.22. The fourth-order valence-corrected chi connectivity index (χ4v) is 2.30. The summed E-state index contributed by atoms with van der Waals surface area (Å²) in [6, 6.07) is 3.18. The Labute approximate surface area is 130 Å². The molecule has 8 heteroatoms. The van der Waals surface area contributed by atoms with Crippen LogP contribution in [-0.4, -0.2) is 29.7 Å². The van der Waals surface area contributed by atoms with Crippen molar-refractivity contribution in [3.63, 3.8) is 0 Å². The predicted octanol–water partition coefficient (Wildman–Crippen LogP) is 2.33. The molecule has 1 atom stereocenters. The molecule has 6 nitrogen and oxygen atoms in total. The third-order valence-electron chi connectivity index (χ3n) is 3.44. The number of aliphatic hydroxyl groups is 1. The van der Waals surface area contributed by atoms with Crippen LogP contribution in [-0.2, 0) is 0 Å². The van der Waals surface area contributed by atoms with Gasteiger partial charge in [0.15, 0.2) is 6.23 Å². The Kier molecular flexibility index (Phi) is 3.98. The fourth-order valence-electron chi connectivity index (χ4n) is 2.30. The minimum absolute atomic E-state index is 0.0700. The largest absolute Gasteiger partial charge is 0.369 e. The molecule has 1 N–H and O–H groups in total. The first-order valence-corrected chi connectivity index (χ1v) is 6.76. The lowest BCUT2D eigenvalue weighted by Gasteiger charge is -2.20. The summed E-state index contributed by atoms with van der Waals surface area (Å²) in [5.74, 6) is -1.47. The SMILES string of the molecule is C/C(=C(\c1ccc(F)cc1F)C(O)n1ccnc1)n1ccnn1. The van der Waals surface area contributed by atoms with E-state index in [2.05, 4.69) is 15.3 Å². The van der Waals surface area contributed by atoms with E-state index in [4.69, 9.17) is 0 Å². The second-order valence-electron chi connectivity index (χ2n) is 4.85. The Morgan fingerprint density at radius 3 is 2.65 bits per heavy atom. The summed E-state index contributed by atoms with van der Waals surface area (Å²) in [5.41, 5.74) is 0.751. The standard InChI is InChI=1S/C15H13F2N5O/c1-10(22-7-5-19-20-22)14(15(23)21-6-4-18-9-21)12-3-2-11(16)8-13(12)17/h2-9,15,23H,1H3/b14-10-. The first kappa shape index (κ1) is 15.0. The number of hydrogen-bond donors (Lipinski definition) is 1. The van der Waals surface area contributed by atoms with Gasteiger partial charge in [-0.1, -0.05) is 5.21 Å². The molecule has 3 rings (SSSR count). The van der Waals surface area contributed by atoms with Crippen molar-refractivity contribution in [2.75, 3.05) is 0 Å². The third-order valence-corrected chi connectivity index (χ3v) is 3.44. The maximum Gasteiger partial charge on any atom is 0.160 e. The van der Waals surface area contributed by atoms with Gasteiger partial charge in [-0.2, -0.15) is 0 Å². The van der Waals surface area contributed by atoms with Gasteiger partial charge in [0.25, 0.3) is 0 Å². The van der Waals surface area contributed by atoms with Crippen molar-refractivity contribution < 1.29 is 13.9 Å². The summed E-state index contributed by atoms with van der Waals surface area (Å²) in [5, 5.41) is 18.2. The monoisotopic (exact) mass is 317 g/mol. The molecule has 0 aliphatic heterocycles. The maximum absolute atomic E-state index is 14.2. The van der Waals surface area contributed by atoms with Gasteiger partial charge in [-0.3, -0.25) is 0 Å². The molecule has 118 valence electrons. The van der Waals surface area contributed by atoms with Crippen LogP contribution in [0.2, 0.25) is 0 Å². The van der Waals surface area contributed by atoms with E-state index in [0.29, 0.717) is 5.70 Å². The van der Waals surface area contributed by atoms with E-state index in [0.717, 1.165) is 12.1 Å². The number of benzene rings is 1. The van der Waals surface area contributed by atoms with E-state index in [9.17, 15) is 13.9 Å². The predicted molar refractivity (Wildman–Crippen MR) is 78.6 cm³/mol. The number of aromatic nitrogens is 5. The summed E-state index contributed by atoms with van der Waals surface area (Å²) >= 11 is 0. The Morgan fingerprint density at radius 2 is 2.04 bits per heavy atom. The average Bonchev–Trinajstić information content (AvgIpc) is 3.22. The number of nitrogens with zero attached hydrogens (tertiary/aromatic N) is 5. The molecule has 1 unspecified atom stereocenters. The van der Waals surface area contributed by atoms with E-state index in [1.54, 1.807) is 19.3 Å². The quantitative estimate of drug-likeness (QED) is 0.802. The first-order chi connectivity index (χ1) is 11.1. The summed E-state index contributed by atoms with van der Waals surface area (Å²) < 4.78 is 30.2. The lowest BCUT2D eigenvalue weighted by molar-refractivity contribution is 0.164. The molecule has 2 aromatic heterocycles. The highest BCUT2D eigenvalue weighted by Crippen LogP contribution is 2.32. The Bertz CT molecular complexity index is 828. The molecular weight excluding hydrogens is 304 g/mol. The van der Waals surface area contributed by atoms with Crippen molar-refractivity contribution in [3.05, 3.63) is 66.5 Å². The lowest BCUT2D eigenvalue weighted by atomic mass is 10.0. The molecule has 0 fully saturated rings. The van der Waals surface area contributed by atoms with Crippen molar-refractivity contribution in [1.82, 2.24) is 24.5 Å². The highest BCUT2D eigenvalue weighted by atomic mass is 19.1. The van der Waals surface area contributed by atoms with Crippen molar-refractivity contribution in [1.29, 1.82) is 0 Å². The topological polar surface area (TPSA) is 68.8 Å². The molecule has 0 amide bonds. The number of aliphatic hydroxyl groups excluding tert-OH is 1.